The Morgan fingerprint density at radius 3 is 2.62 bits per heavy atom. The van der Waals surface area contributed by atoms with Crippen molar-refractivity contribution in [1.29, 1.82) is 0 Å². The molecule has 1 aliphatic heterocycles. The van der Waals surface area contributed by atoms with Gasteiger partial charge in [0.1, 0.15) is 0 Å². The van der Waals surface area contributed by atoms with Gasteiger partial charge in [-0.2, -0.15) is 0 Å². The number of benzene rings is 1. The highest BCUT2D eigenvalue weighted by molar-refractivity contribution is 9.10. The molecular weight excluding hydrogens is 289 g/mol. The molecule has 1 aromatic rings. The lowest BCUT2D eigenvalue weighted by Gasteiger charge is -2.15. The van der Waals surface area contributed by atoms with Gasteiger partial charge in [0.15, 0.2) is 0 Å². The molecule has 1 amide bonds. The van der Waals surface area contributed by atoms with Crippen LogP contribution in [0.4, 0.5) is 0 Å². The predicted octanol–water partition coefficient (Wildman–Crippen LogP) is 2.88. The van der Waals surface area contributed by atoms with Crippen molar-refractivity contribution in [2.24, 2.45) is 0 Å². The molecule has 4 heteroatoms. The Morgan fingerprint density at radius 2 is 2.06 bits per heavy atom. The first-order valence-corrected chi connectivity index (χ1v) is 6.63. The molecule has 1 saturated heterocycles. The number of rotatable bonds is 3. The summed E-state index contributed by atoms with van der Waals surface area (Å²) < 4.78 is 0. The summed E-state index contributed by atoms with van der Waals surface area (Å²) in [6, 6.07) is 7.79. The minimum Gasteiger partial charge on any atom is -0.341 e. The number of amides is 1. The summed E-state index contributed by atoms with van der Waals surface area (Å²) in [6.45, 7) is 1.66. The maximum absolute atomic E-state index is 11.6. The summed E-state index contributed by atoms with van der Waals surface area (Å²) >= 11 is 9.18. The molecule has 0 aromatic heterocycles. The van der Waals surface area contributed by atoms with Gasteiger partial charge in [0.25, 0.3) is 0 Å². The van der Waals surface area contributed by atoms with E-state index in [0.29, 0.717) is 0 Å². The van der Waals surface area contributed by atoms with Crippen molar-refractivity contribution in [3.63, 3.8) is 0 Å². The summed E-state index contributed by atoms with van der Waals surface area (Å²) in [5.74, 6) is 0.217. The first-order chi connectivity index (χ1) is 7.66. The van der Waals surface area contributed by atoms with Crippen molar-refractivity contribution in [1.82, 2.24) is 4.90 Å². The van der Waals surface area contributed by atoms with Gasteiger partial charge in [-0.25, -0.2) is 0 Å². The summed E-state index contributed by atoms with van der Waals surface area (Å²) in [5.41, 5.74) is 1.22. The maximum atomic E-state index is 11.6. The Balaban J connectivity index is 1.88. The Bertz CT molecular complexity index is 379. The maximum Gasteiger partial charge on any atom is 0.236 e. The zero-order chi connectivity index (χ0) is 11.5. The molecule has 1 heterocycles. The molecule has 0 N–H and O–H groups in total. The van der Waals surface area contributed by atoms with E-state index in [0.717, 1.165) is 31.0 Å². The number of carbonyl (C=O) groups is 1. The molecule has 1 fully saturated rings. The number of alkyl halides is 1. The van der Waals surface area contributed by atoms with Crippen LogP contribution in [0.1, 0.15) is 12.0 Å². The van der Waals surface area contributed by atoms with E-state index < -0.39 is 0 Å². The van der Waals surface area contributed by atoms with Gasteiger partial charge < -0.3 is 4.90 Å². The van der Waals surface area contributed by atoms with Gasteiger partial charge in [-0.1, -0.05) is 39.7 Å². The fourth-order valence-electron chi connectivity index (χ4n) is 1.84. The van der Waals surface area contributed by atoms with Crippen LogP contribution in [0.5, 0.6) is 0 Å². The van der Waals surface area contributed by atoms with Crippen LogP contribution in [0.2, 0.25) is 5.02 Å². The van der Waals surface area contributed by atoms with Crippen molar-refractivity contribution in [3.8, 4) is 0 Å². The monoisotopic (exact) mass is 301 g/mol. The highest BCUT2D eigenvalue weighted by atomic mass is 79.9. The van der Waals surface area contributed by atoms with E-state index in [1.165, 1.54) is 5.56 Å². The average Bonchev–Trinajstić information content (AvgIpc) is 2.60. The molecular formula is C12H13BrClNO. The van der Waals surface area contributed by atoms with Crippen molar-refractivity contribution in [2.45, 2.75) is 17.7 Å². The summed E-state index contributed by atoms with van der Waals surface area (Å²) in [7, 11) is 0. The van der Waals surface area contributed by atoms with Gasteiger partial charge in [-0.3, -0.25) is 4.79 Å². The molecule has 1 aliphatic rings. The second-order valence-electron chi connectivity index (χ2n) is 3.96. The number of likely N-dealkylation sites (tertiary alicyclic amines) is 1. The van der Waals surface area contributed by atoms with Crippen molar-refractivity contribution >= 4 is 33.4 Å². The molecule has 0 radical (unpaired) electrons. The molecule has 2 rings (SSSR count). The van der Waals surface area contributed by atoms with Gasteiger partial charge in [-0.05, 0) is 30.5 Å². The molecule has 0 bridgehead atoms. The number of hydrogen-bond acceptors (Lipinski definition) is 1. The molecule has 2 nitrogen and oxygen atoms in total. The molecule has 1 atom stereocenters. The highest BCUT2D eigenvalue weighted by Crippen LogP contribution is 2.19. The minimum absolute atomic E-state index is 0.0257. The van der Waals surface area contributed by atoms with E-state index >= 15 is 0 Å². The van der Waals surface area contributed by atoms with Crippen LogP contribution in [-0.2, 0) is 11.2 Å². The third-order valence-electron chi connectivity index (χ3n) is 2.82. The second-order valence-corrected chi connectivity index (χ2v) is 5.50. The van der Waals surface area contributed by atoms with Gasteiger partial charge in [-0.15, -0.1) is 0 Å². The summed E-state index contributed by atoms with van der Waals surface area (Å²) in [4.78, 5) is 13.6. The number of halogens is 2. The fourth-order valence-corrected chi connectivity index (χ4v) is 2.46. The SMILES string of the molecule is O=C1C(Br)CCN1CCc1ccc(Cl)cc1. The van der Waals surface area contributed by atoms with Gasteiger partial charge in [0, 0.05) is 18.1 Å². The van der Waals surface area contributed by atoms with Gasteiger partial charge in [0.05, 0.1) is 4.83 Å². The lowest BCUT2D eigenvalue weighted by molar-refractivity contribution is -0.127. The average molecular weight is 303 g/mol. The fraction of sp³-hybridized carbons (Fsp3) is 0.417. The molecule has 16 heavy (non-hydrogen) atoms. The zero-order valence-electron chi connectivity index (χ0n) is 8.83. The molecule has 0 spiro atoms. The topological polar surface area (TPSA) is 20.3 Å². The third-order valence-corrected chi connectivity index (χ3v) is 3.92. The van der Waals surface area contributed by atoms with E-state index in [4.69, 9.17) is 11.6 Å². The largest absolute Gasteiger partial charge is 0.341 e. The normalized spacial score (nSPS) is 20.5. The summed E-state index contributed by atoms with van der Waals surface area (Å²) in [6.07, 6.45) is 1.81. The first kappa shape index (κ1) is 11.9. The lowest BCUT2D eigenvalue weighted by Crippen LogP contribution is -2.29. The Labute approximate surface area is 109 Å². The van der Waals surface area contributed by atoms with E-state index in [2.05, 4.69) is 15.9 Å². The standard InChI is InChI=1S/C12H13BrClNO/c13-11-6-8-15(12(11)16)7-5-9-1-3-10(14)4-2-9/h1-4,11H,5-8H2. The summed E-state index contributed by atoms with van der Waals surface area (Å²) in [5, 5.41) is 0.751. The zero-order valence-corrected chi connectivity index (χ0v) is 11.2. The highest BCUT2D eigenvalue weighted by Gasteiger charge is 2.28. The predicted molar refractivity (Wildman–Crippen MR) is 69.1 cm³/mol. The third kappa shape index (κ3) is 2.77. The number of nitrogens with zero attached hydrogens (tertiary/aromatic N) is 1. The Hall–Kier alpha value is -0.540. The van der Waals surface area contributed by atoms with Crippen molar-refractivity contribution < 1.29 is 4.79 Å². The minimum atomic E-state index is 0.0257. The number of hydrogen-bond donors (Lipinski definition) is 0. The smallest absolute Gasteiger partial charge is 0.236 e. The molecule has 0 aliphatic carbocycles. The van der Waals surface area contributed by atoms with Crippen LogP contribution >= 0.6 is 27.5 Å². The molecule has 86 valence electrons. The van der Waals surface area contributed by atoms with E-state index in [9.17, 15) is 4.79 Å². The number of carbonyl (C=O) groups excluding carboxylic acids is 1. The van der Waals surface area contributed by atoms with E-state index in [-0.39, 0.29) is 10.7 Å². The molecule has 0 saturated carbocycles. The van der Waals surface area contributed by atoms with Crippen LogP contribution in [0, 0.1) is 0 Å². The van der Waals surface area contributed by atoms with Crippen molar-refractivity contribution in [2.75, 3.05) is 13.1 Å². The first-order valence-electron chi connectivity index (χ1n) is 5.34. The van der Waals surface area contributed by atoms with Gasteiger partial charge in [0.2, 0.25) is 5.91 Å². The quantitative estimate of drug-likeness (QED) is 0.786. The Kier molecular flexibility index (Phi) is 3.87. The van der Waals surface area contributed by atoms with Crippen LogP contribution < -0.4 is 0 Å². The second kappa shape index (κ2) is 5.19. The Morgan fingerprint density at radius 1 is 1.38 bits per heavy atom. The van der Waals surface area contributed by atoms with Gasteiger partial charge >= 0.3 is 0 Å². The lowest BCUT2D eigenvalue weighted by atomic mass is 10.1. The van der Waals surface area contributed by atoms with E-state index in [1.54, 1.807) is 0 Å². The van der Waals surface area contributed by atoms with Crippen LogP contribution in [0.25, 0.3) is 0 Å². The van der Waals surface area contributed by atoms with Crippen LogP contribution in [0.15, 0.2) is 24.3 Å². The molecule has 1 aromatic carbocycles. The van der Waals surface area contributed by atoms with Crippen molar-refractivity contribution in [3.05, 3.63) is 34.9 Å². The van der Waals surface area contributed by atoms with Crippen LogP contribution in [-0.4, -0.2) is 28.7 Å². The molecule has 1 unspecified atom stereocenters. The van der Waals surface area contributed by atoms with E-state index in [1.807, 2.05) is 29.2 Å². The van der Waals surface area contributed by atoms with Crippen LogP contribution in [0.3, 0.4) is 0 Å².